The van der Waals surface area contributed by atoms with Gasteiger partial charge >= 0.3 is 0 Å². The molecule has 1 saturated heterocycles. The van der Waals surface area contributed by atoms with E-state index in [0.717, 1.165) is 52.2 Å². The summed E-state index contributed by atoms with van der Waals surface area (Å²) in [7, 11) is 1.56. The van der Waals surface area contributed by atoms with E-state index in [0.29, 0.717) is 0 Å². The number of rotatable bonds is 9. The van der Waals surface area contributed by atoms with Gasteiger partial charge in [-0.2, -0.15) is 0 Å². The molecule has 0 radical (unpaired) electrons. The zero-order valence-corrected chi connectivity index (χ0v) is 13.7. The van der Waals surface area contributed by atoms with Crippen molar-refractivity contribution in [2.24, 2.45) is 5.73 Å². The van der Waals surface area contributed by atoms with Crippen LogP contribution in [0.15, 0.2) is 0 Å². The summed E-state index contributed by atoms with van der Waals surface area (Å²) in [5.41, 5.74) is 5.78. The Morgan fingerprint density at radius 3 is 2.48 bits per heavy atom. The van der Waals surface area contributed by atoms with Crippen LogP contribution in [0.5, 0.6) is 0 Å². The smallest absolute Gasteiger partial charge is 0.241 e. The van der Waals surface area contributed by atoms with Gasteiger partial charge in [0.2, 0.25) is 5.91 Å². The topological polar surface area (TPSA) is 68.0 Å². The minimum Gasteiger partial charge on any atom is -0.383 e. The van der Waals surface area contributed by atoms with Crippen molar-refractivity contribution in [1.29, 1.82) is 0 Å². The summed E-state index contributed by atoms with van der Waals surface area (Å²) in [6.45, 7) is 9.92. The minimum atomic E-state index is -0.546. The van der Waals surface area contributed by atoms with Gasteiger partial charge in [0.25, 0.3) is 0 Å². The lowest BCUT2D eigenvalue weighted by Crippen LogP contribution is -2.50. The molecule has 0 spiro atoms. The maximum Gasteiger partial charge on any atom is 0.241 e. The van der Waals surface area contributed by atoms with Gasteiger partial charge in [-0.05, 0) is 25.9 Å². The second-order valence-corrected chi connectivity index (χ2v) is 5.48. The van der Waals surface area contributed by atoms with Crippen LogP contribution in [0.2, 0.25) is 0 Å². The summed E-state index contributed by atoms with van der Waals surface area (Å²) in [4.78, 5) is 16.2. The summed E-state index contributed by atoms with van der Waals surface area (Å²) < 4.78 is 10.8. The molecule has 0 aromatic rings. The number of methoxy groups -OCH3 is 1. The summed E-state index contributed by atoms with van der Waals surface area (Å²) in [5, 5.41) is 0. The van der Waals surface area contributed by atoms with Crippen LogP contribution in [-0.4, -0.2) is 80.9 Å². The van der Waals surface area contributed by atoms with Crippen LogP contribution < -0.4 is 5.73 Å². The number of likely N-dealkylation sites (tertiary alicyclic amines) is 1. The van der Waals surface area contributed by atoms with Gasteiger partial charge in [-0.3, -0.25) is 4.79 Å². The Bertz CT molecular complexity index is 290. The highest BCUT2D eigenvalue weighted by atomic mass is 16.5. The van der Waals surface area contributed by atoms with Crippen molar-refractivity contribution >= 4 is 5.91 Å². The molecule has 1 atom stereocenters. The van der Waals surface area contributed by atoms with Crippen LogP contribution in [0.1, 0.15) is 26.7 Å². The highest BCUT2D eigenvalue weighted by Crippen LogP contribution is 2.14. The number of carbonyl (C=O) groups excluding carboxylic acids is 1. The molecule has 1 unspecified atom stereocenters. The number of carbonyl (C=O) groups is 1. The van der Waals surface area contributed by atoms with E-state index in [4.69, 9.17) is 15.2 Å². The number of hydrogen-bond donors (Lipinski definition) is 1. The van der Waals surface area contributed by atoms with Crippen molar-refractivity contribution in [2.75, 3.05) is 53.0 Å². The molecule has 1 aliphatic heterocycles. The Morgan fingerprint density at radius 2 is 1.95 bits per heavy atom. The summed E-state index contributed by atoms with van der Waals surface area (Å²) in [6, 6.07) is -0.546. The monoisotopic (exact) mass is 301 g/mol. The predicted molar refractivity (Wildman–Crippen MR) is 83.2 cm³/mol. The quantitative estimate of drug-likeness (QED) is 0.664. The molecular formula is C15H31N3O3. The first-order chi connectivity index (χ1) is 10.1. The van der Waals surface area contributed by atoms with E-state index in [1.165, 1.54) is 0 Å². The molecule has 124 valence electrons. The van der Waals surface area contributed by atoms with E-state index in [9.17, 15) is 4.79 Å². The first-order valence-electron chi connectivity index (χ1n) is 7.99. The molecule has 2 N–H and O–H groups in total. The van der Waals surface area contributed by atoms with Gasteiger partial charge in [0.15, 0.2) is 0 Å². The first-order valence-corrected chi connectivity index (χ1v) is 7.99. The third-order valence-electron chi connectivity index (χ3n) is 4.07. The number of piperidine rings is 1. The lowest BCUT2D eigenvalue weighted by molar-refractivity contribution is -0.136. The van der Waals surface area contributed by atoms with Crippen LogP contribution in [-0.2, 0) is 14.3 Å². The van der Waals surface area contributed by atoms with Crippen molar-refractivity contribution in [3.8, 4) is 0 Å². The highest BCUT2D eigenvalue weighted by molar-refractivity contribution is 5.81. The molecule has 0 aromatic carbocycles. The molecule has 0 aromatic heterocycles. The molecule has 1 heterocycles. The molecule has 1 aliphatic rings. The minimum absolute atomic E-state index is 0.0153. The predicted octanol–water partition coefficient (Wildman–Crippen LogP) is 0.310. The van der Waals surface area contributed by atoms with Crippen LogP contribution in [0.3, 0.4) is 0 Å². The standard InChI is InChI=1S/C15H31N3O3/c1-4-17(5-2)10-11-21-13-6-8-18(9-7-13)15(19)14(16)12-20-3/h13-14H,4-12,16H2,1-3H3. The molecule has 1 amide bonds. The average Bonchev–Trinajstić information content (AvgIpc) is 2.52. The number of hydrogen-bond acceptors (Lipinski definition) is 5. The van der Waals surface area contributed by atoms with E-state index >= 15 is 0 Å². The third-order valence-corrected chi connectivity index (χ3v) is 4.07. The van der Waals surface area contributed by atoms with Gasteiger partial charge in [0, 0.05) is 26.7 Å². The Labute approximate surface area is 128 Å². The number of nitrogens with zero attached hydrogens (tertiary/aromatic N) is 2. The first kappa shape index (κ1) is 18.4. The fraction of sp³-hybridized carbons (Fsp3) is 0.933. The van der Waals surface area contributed by atoms with Crippen LogP contribution in [0.25, 0.3) is 0 Å². The summed E-state index contributed by atoms with van der Waals surface area (Å²) >= 11 is 0. The summed E-state index contributed by atoms with van der Waals surface area (Å²) in [6.07, 6.45) is 2.05. The lowest BCUT2D eigenvalue weighted by Gasteiger charge is -2.33. The van der Waals surface area contributed by atoms with E-state index in [1.807, 2.05) is 4.90 Å². The van der Waals surface area contributed by atoms with Gasteiger partial charge in [-0.15, -0.1) is 0 Å². The largest absolute Gasteiger partial charge is 0.383 e. The zero-order chi connectivity index (χ0) is 15.7. The SMILES string of the molecule is CCN(CC)CCOC1CCN(C(=O)C(N)COC)CC1. The maximum atomic E-state index is 12.0. The lowest BCUT2D eigenvalue weighted by atomic mass is 10.1. The molecular weight excluding hydrogens is 270 g/mol. The number of ether oxygens (including phenoxy) is 2. The van der Waals surface area contributed by atoms with Crippen molar-refractivity contribution in [2.45, 2.75) is 38.8 Å². The Balaban J connectivity index is 2.21. The third kappa shape index (κ3) is 6.30. The van der Waals surface area contributed by atoms with Gasteiger partial charge in [-0.1, -0.05) is 13.8 Å². The Hall–Kier alpha value is -0.690. The second-order valence-electron chi connectivity index (χ2n) is 5.48. The van der Waals surface area contributed by atoms with E-state index in [-0.39, 0.29) is 18.6 Å². The van der Waals surface area contributed by atoms with Crippen molar-refractivity contribution in [1.82, 2.24) is 9.80 Å². The molecule has 6 heteroatoms. The number of likely N-dealkylation sites (N-methyl/N-ethyl adjacent to an activating group) is 1. The van der Waals surface area contributed by atoms with Crippen molar-refractivity contribution in [3.05, 3.63) is 0 Å². The molecule has 21 heavy (non-hydrogen) atoms. The van der Waals surface area contributed by atoms with Crippen molar-refractivity contribution < 1.29 is 14.3 Å². The molecule has 0 aliphatic carbocycles. The highest BCUT2D eigenvalue weighted by Gasteiger charge is 2.26. The number of amides is 1. The van der Waals surface area contributed by atoms with Crippen LogP contribution >= 0.6 is 0 Å². The maximum absolute atomic E-state index is 12.0. The van der Waals surface area contributed by atoms with E-state index < -0.39 is 6.04 Å². The van der Waals surface area contributed by atoms with Gasteiger partial charge in [0.05, 0.1) is 19.3 Å². The van der Waals surface area contributed by atoms with Crippen LogP contribution in [0.4, 0.5) is 0 Å². The van der Waals surface area contributed by atoms with Gasteiger partial charge in [0.1, 0.15) is 6.04 Å². The molecule has 0 saturated carbocycles. The molecule has 0 bridgehead atoms. The Morgan fingerprint density at radius 1 is 1.33 bits per heavy atom. The molecule has 6 nitrogen and oxygen atoms in total. The van der Waals surface area contributed by atoms with Crippen LogP contribution in [0, 0.1) is 0 Å². The number of nitrogens with two attached hydrogens (primary N) is 1. The summed E-state index contributed by atoms with van der Waals surface area (Å²) in [5.74, 6) is -0.0153. The zero-order valence-electron chi connectivity index (χ0n) is 13.7. The normalized spacial score (nSPS) is 18.2. The molecule has 1 rings (SSSR count). The molecule has 1 fully saturated rings. The van der Waals surface area contributed by atoms with Gasteiger partial charge in [-0.25, -0.2) is 0 Å². The van der Waals surface area contributed by atoms with Gasteiger partial charge < -0.3 is 25.0 Å². The second kappa shape index (κ2) is 10.1. The fourth-order valence-corrected chi connectivity index (χ4v) is 2.62. The van der Waals surface area contributed by atoms with E-state index in [1.54, 1.807) is 7.11 Å². The fourth-order valence-electron chi connectivity index (χ4n) is 2.62. The van der Waals surface area contributed by atoms with Crippen molar-refractivity contribution in [3.63, 3.8) is 0 Å². The average molecular weight is 301 g/mol. The van der Waals surface area contributed by atoms with E-state index in [2.05, 4.69) is 18.7 Å². The Kier molecular flexibility index (Phi) is 8.84.